The van der Waals surface area contributed by atoms with E-state index in [0.29, 0.717) is 18.6 Å². The molecular weight excluding hydrogens is 242 g/mol. The molecule has 0 aliphatic rings. The highest BCUT2D eigenvalue weighted by molar-refractivity contribution is 5.91. The molecule has 0 bridgehead atoms. The molecule has 4 nitrogen and oxygen atoms in total. The number of hydrogen-bond donors (Lipinski definition) is 0. The highest BCUT2D eigenvalue weighted by Crippen LogP contribution is 2.20. The van der Waals surface area contributed by atoms with Crippen LogP contribution in [0.2, 0.25) is 0 Å². The fourth-order valence-corrected chi connectivity index (χ4v) is 2.03. The van der Waals surface area contributed by atoms with Crippen LogP contribution < -0.4 is 0 Å². The summed E-state index contributed by atoms with van der Waals surface area (Å²) in [5.74, 6) is 0.501. The van der Waals surface area contributed by atoms with E-state index in [2.05, 4.69) is 5.16 Å². The zero-order valence-electron chi connectivity index (χ0n) is 11.4. The van der Waals surface area contributed by atoms with Crippen LogP contribution in [0.4, 0.5) is 0 Å². The van der Waals surface area contributed by atoms with Crippen LogP contribution in [0.3, 0.4) is 0 Å². The molecule has 1 aromatic heterocycles. The van der Waals surface area contributed by atoms with Crippen LogP contribution in [0, 0.1) is 13.8 Å². The summed E-state index contributed by atoms with van der Waals surface area (Å²) in [5.41, 5.74) is 3.41. The molecule has 0 saturated heterocycles. The summed E-state index contributed by atoms with van der Waals surface area (Å²) in [4.78, 5) is 11.9. The van der Waals surface area contributed by atoms with Gasteiger partial charge in [0.05, 0.1) is 17.9 Å². The van der Waals surface area contributed by atoms with E-state index in [9.17, 15) is 4.79 Å². The van der Waals surface area contributed by atoms with E-state index in [0.717, 1.165) is 22.6 Å². The Labute approximate surface area is 112 Å². The molecule has 2 rings (SSSR count). The highest BCUT2D eigenvalue weighted by Gasteiger charge is 2.15. The summed E-state index contributed by atoms with van der Waals surface area (Å²) in [6.45, 7) is 5.95. The number of benzene rings is 1. The second-order valence-corrected chi connectivity index (χ2v) is 4.36. The van der Waals surface area contributed by atoms with Crippen molar-refractivity contribution < 1.29 is 14.1 Å². The molecule has 0 aliphatic heterocycles. The standard InChI is InChI=1S/C15H17NO3/c1-4-18-15(17)13-8-6-5-7-12(13)9-14-10(2)16-19-11(14)3/h5-8H,4,9H2,1-3H3. The second kappa shape index (κ2) is 5.69. The lowest BCUT2D eigenvalue weighted by Gasteiger charge is -2.08. The summed E-state index contributed by atoms with van der Waals surface area (Å²) in [6.07, 6.45) is 0.621. The number of carbonyl (C=O) groups excluding carboxylic acids is 1. The fourth-order valence-electron chi connectivity index (χ4n) is 2.03. The summed E-state index contributed by atoms with van der Waals surface area (Å²) >= 11 is 0. The molecule has 0 atom stereocenters. The highest BCUT2D eigenvalue weighted by atomic mass is 16.5. The molecule has 0 saturated carbocycles. The topological polar surface area (TPSA) is 52.3 Å². The number of carbonyl (C=O) groups is 1. The predicted molar refractivity (Wildman–Crippen MR) is 71.2 cm³/mol. The Morgan fingerprint density at radius 1 is 1.32 bits per heavy atom. The molecule has 0 fully saturated rings. The number of aryl methyl sites for hydroxylation is 2. The van der Waals surface area contributed by atoms with Crippen molar-refractivity contribution in [1.82, 2.24) is 5.16 Å². The maximum Gasteiger partial charge on any atom is 0.338 e. The van der Waals surface area contributed by atoms with Gasteiger partial charge in [-0.2, -0.15) is 0 Å². The SMILES string of the molecule is CCOC(=O)c1ccccc1Cc1c(C)noc1C. The lowest BCUT2D eigenvalue weighted by atomic mass is 9.99. The smallest absolute Gasteiger partial charge is 0.338 e. The van der Waals surface area contributed by atoms with Gasteiger partial charge in [-0.15, -0.1) is 0 Å². The Balaban J connectivity index is 2.33. The molecule has 0 N–H and O–H groups in total. The van der Waals surface area contributed by atoms with E-state index < -0.39 is 0 Å². The molecule has 19 heavy (non-hydrogen) atoms. The number of hydrogen-bond acceptors (Lipinski definition) is 4. The summed E-state index contributed by atoms with van der Waals surface area (Å²) in [7, 11) is 0. The van der Waals surface area contributed by atoms with Crippen molar-refractivity contribution >= 4 is 5.97 Å². The van der Waals surface area contributed by atoms with Crippen molar-refractivity contribution in [3.8, 4) is 0 Å². The molecule has 0 radical (unpaired) electrons. The molecule has 100 valence electrons. The number of nitrogens with zero attached hydrogens (tertiary/aromatic N) is 1. The first-order chi connectivity index (χ1) is 9.13. The lowest BCUT2D eigenvalue weighted by molar-refractivity contribution is 0.0525. The van der Waals surface area contributed by atoms with Gasteiger partial charge in [-0.3, -0.25) is 0 Å². The van der Waals surface area contributed by atoms with Crippen molar-refractivity contribution in [2.45, 2.75) is 27.2 Å². The minimum atomic E-state index is -0.287. The van der Waals surface area contributed by atoms with E-state index in [1.165, 1.54) is 0 Å². The van der Waals surface area contributed by atoms with Gasteiger partial charge in [0.15, 0.2) is 0 Å². The van der Waals surface area contributed by atoms with Gasteiger partial charge in [-0.05, 0) is 32.4 Å². The van der Waals surface area contributed by atoms with E-state index in [1.54, 1.807) is 13.0 Å². The van der Waals surface area contributed by atoms with Gasteiger partial charge in [0.1, 0.15) is 5.76 Å². The quantitative estimate of drug-likeness (QED) is 0.792. The molecule has 1 aromatic carbocycles. The first-order valence-corrected chi connectivity index (χ1v) is 6.30. The van der Waals surface area contributed by atoms with Gasteiger partial charge in [0, 0.05) is 12.0 Å². The van der Waals surface area contributed by atoms with Crippen molar-refractivity contribution in [3.63, 3.8) is 0 Å². The first kappa shape index (κ1) is 13.3. The number of rotatable bonds is 4. The number of esters is 1. The van der Waals surface area contributed by atoms with Crippen LogP contribution >= 0.6 is 0 Å². The maximum atomic E-state index is 11.9. The number of ether oxygens (including phenoxy) is 1. The zero-order chi connectivity index (χ0) is 13.8. The third-order valence-electron chi connectivity index (χ3n) is 3.06. The minimum absolute atomic E-state index is 0.287. The van der Waals surface area contributed by atoms with Gasteiger partial charge >= 0.3 is 5.97 Å². The molecule has 2 aromatic rings. The Morgan fingerprint density at radius 2 is 2.05 bits per heavy atom. The Kier molecular flexibility index (Phi) is 4.00. The number of aromatic nitrogens is 1. The Hall–Kier alpha value is -2.10. The van der Waals surface area contributed by atoms with Crippen LogP contribution in [0.25, 0.3) is 0 Å². The second-order valence-electron chi connectivity index (χ2n) is 4.36. The maximum absolute atomic E-state index is 11.9. The molecule has 4 heteroatoms. The van der Waals surface area contributed by atoms with Gasteiger partial charge in [-0.25, -0.2) is 4.79 Å². The van der Waals surface area contributed by atoms with Gasteiger partial charge < -0.3 is 9.26 Å². The van der Waals surface area contributed by atoms with E-state index in [1.807, 2.05) is 32.0 Å². The third kappa shape index (κ3) is 2.84. The van der Waals surface area contributed by atoms with Crippen LogP contribution in [-0.4, -0.2) is 17.7 Å². The fraction of sp³-hybridized carbons (Fsp3) is 0.333. The van der Waals surface area contributed by atoms with Crippen LogP contribution in [0.5, 0.6) is 0 Å². The molecule has 1 heterocycles. The first-order valence-electron chi connectivity index (χ1n) is 6.30. The van der Waals surface area contributed by atoms with Gasteiger partial charge in [0.25, 0.3) is 0 Å². The van der Waals surface area contributed by atoms with E-state index in [4.69, 9.17) is 9.26 Å². The summed E-state index contributed by atoms with van der Waals surface area (Å²) in [6, 6.07) is 7.46. The van der Waals surface area contributed by atoms with Crippen LogP contribution in [-0.2, 0) is 11.2 Å². The molecule has 0 aliphatic carbocycles. The van der Waals surface area contributed by atoms with E-state index in [-0.39, 0.29) is 5.97 Å². The van der Waals surface area contributed by atoms with Gasteiger partial charge in [0.2, 0.25) is 0 Å². The van der Waals surface area contributed by atoms with Crippen LogP contribution in [0.15, 0.2) is 28.8 Å². The molecule has 0 unspecified atom stereocenters. The third-order valence-corrected chi connectivity index (χ3v) is 3.06. The van der Waals surface area contributed by atoms with Crippen molar-refractivity contribution in [3.05, 3.63) is 52.4 Å². The van der Waals surface area contributed by atoms with Gasteiger partial charge in [-0.1, -0.05) is 23.4 Å². The van der Waals surface area contributed by atoms with E-state index >= 15 is 0 Å². The van der Waals surface area contributed by atoms with Crippen molar-refractivity contribution in [1.29, 1.82) is 0 Å². The molecule has 0 spiro atoms. The van der Waals surface area contributed by atoms with Crippen molar-refractivity contribution in [2.24, 2.45) is 0 Å². The monoisotopic (exact) mass is 259 g/mol. The minimum Gasteiger partial charge on any atom is -0.462 e. The Bertz CT molecular complexity index is 567. The molecule has 0 amide bonds. The zero-order valence-corrected chi connectivity index (χ0v) is 11.4. The average Bonchev–Trinajstić information content (AvgIpc) is 2.71. The molecular formula is C15H17NO3. The Morgan fingerprint density at radius 3 is 2.68 bits per heavy atom. The average molecular weight is 259 g/mol. The summed E-state index contributed by atoms with van der Waals surface area (Å²) < 4.78 is 10.2. The largest absolute Gasteiger partial charge is 0.462 e. The van der Waals surface area contributed by atoms with Crippen LogP contribution in [0.1, 0.15) is 39.9 Å². The summed E-state index contributed by atoms with van der Waals surface area (Å²) in [5, 5.41) is 3.93. The normalized spacial score (nSPS) is 10.5. The van der Waals surface area contributed by atoms with Crippen molar-refractivity contribution in [2.75, 3.05) is 6.61 Å². The predicted octanol–water partition coefficient (Wildman–Crippen LogP) is 3.06. The lowest BCUT2D eigenvalue weighted by Crippen LogP contribution is -2.08.